The van der Waals surface area contributed by atoms with Crippen molar-refractivity contribution in [1.82, 2.24) is 4.31 Å². The summed E-state index contributed by atoms with van der Waals surface area (Å²) in [5, 5.41) is 0. The predicted molar refractivity (Wildman–Crippen MR) is 57.0 cm³/mol. The number of hydrogen-bond donors (Lipinski definition) is 0. The van der Waals surface area contributed by atoms with Crippen LogP contribution in [-0.2, 0) is 14.8 Å². The van der Waals surface area contributed by atoms with Crippen molar-refractivity contribution >= 4 is 15.9 Å². The molecule has 6 heteroatoms. The zero-order valence-corrected chi connectivity index (χ0v) is 9.58. The third-order valence-corrected chi connectivity index (χ3v) is 3.86. The van der Waals surface area contributed by atoms with Gasteiger partial charge in [-0.05, 0) is 12.1 Å². The van der Waals surface area contributed by atoms with Gasteiger partial charge in [0, 0.05) is 6.92 Å². The Morgan fingerprint density at radius 2 is 1.88 bits per heavy atom. The molecule has 1 aromatic carbocycles. The number of amides is 1. The molecule has 0 unspecified atom stereocenters. The third-order valence-electron chi connectivity index (χ3n) is 1.97. The molecule has 0 saturated carbocycles. The lowest BCUT2D eigenvalue weighted by Gasteiger charge is -2.19. The summed E-state index contributed by atoms with van der Waals surface area (Å²) in [6, 6.07) is 7.47. The third kappa shape index (κ3) is 2.57. The van der Waals surface area contributed by atoms with Crippen LogP contribution in [0.1, 0.15) is 6.92 Å². The highest BCUT2D eigenvalue weighted by Gasteiger charge is 2.25. The fourth-order valence-electron chi connectivity index (χ4n) is 1.24. The minimum atomic E-state index is -3.92. The van der Waals surface area contributed by atoms with Crippen molar-refractivity contribution < 1.29 is 17.6 Å². The fourth-order valence-corrected chi connectivity index (χ4v) is 2.65. The monoisotopic (exact) mass is 245 g/mol. The van der Waals surface area contributed by atoms with E-state index in [0.717, 1.165) is 6.92 Å². The highest BCUT2D eigenvalue weighted by atomic mass is 32.2. The zero-order chi connectivity index (χ0) is 12.2. The molecule has 0 aliphatic heterocycles. The summed E-state index contributed by atoms with van der Waals surface area (Å²) in [4.78, 5) is 11.1. The SMILES string of the molecule is CC(=O)N(CCF)S(=O)(=O)c1ccccc1. The Hall–Kier alpha value is -1.43. The molecule has 1 rings (SSSR count). The van der Waals surface area contributed by atoms with Gasteiger partial charge in [0.15, 0.2) is 0 Å². The average Bonchev–Trinajstić information content (AvgIpc) is 2.26. The van der Waals surface area contributed by atoms with Crippen LogP contribution in [0, 0.1) is 0 Å². The van der Waals surface area contributed by atoms with Gasteiger partial charge in [0.05, 0.1) is 11.4 Å². The van der Waals surface area contributed by atoms with E-state index in [9.17, 15) is 17.6 Å². The van der Waals surface area contributed by atoms with Crippen molar-refractivity contribution in [3.05, 3.63) is 30.3 Å². The molecule has 0 aromatic heterocycles. The zero-order valence-electron chi connectivity index (χ0n) is 8.76. The van der Waals surface area contributed by atoms with Crippen molar-refractivity contribution in [1.29, 1.82) is 0 Å². The van der Waals surface area contributed by atoms with E-state index in [1.807, 2.05) is 0 Å². The molecule has 0 spiro atoms. The molecule has 0 saturated heterocycles. The lowest BCUT2D eigenvalue weighted by molar-refractivity contribution is -0.124. The normalized spacial score (nSPS) is 11.1. The van der Waals surface area contributed by atoms with Crippen LogP contribution in [0.3, 0.4) is 0 Å². The molecule has 0 fully saturated rings. The Kier molecular flexibility index (Phi) is 4.00. The topological polar surface area (TPSA) is 54.5 Å². The number of carbonyl (C=O) groups is 1. The van der Waals surface area contributed by atoms with Gasteiger partial charge in [0.2, 0.25) is 5.91 Å². The van der Waals surface area contributed by atoms with Crippen LogP contribution in [0.25, 0.3) is 0 Å². The van der Waals surface area contributed by atoms with Crippen LogP contribution >= 0.6 is 0 Å². The van der Waals surface area contributed by atoms with Crippen LogP contribution in [0.2, 0.25) is 0 Å². The molecular formula is C10H12FNO3S. The molecular weight excluding hydrogens is 233 g/mol. The number of alkyl halides is 1. The van der Waals surface area contributed by atoms with Gasteiger partial charge in [-0.25, -0.2) is 17.1 Å². The van der Waals surface area contributed by atoms with Crippen molar-refractivity contribution in [2.24, 2.45) is 0 Å². The molecule has 0 N–H and O–H groups in total. The second-order valence-corrected chi connectivity index (χ2v) is 4.96. The summed E-state index contributed by atoms with van der Waals surface area (Å²) in [6.07, 6.45) is 0. The molecule has 0 heterocycles. The van der Waals surface area contributed by atoms with Crippen LogP contribution in [0.4, 0.5) is 4.39 Å². The Bertz CT molecular complexity index is 458. The number of nitrogens with zero attached hydrogens (tertiary/aromatic N) is 1. The lowest BCUT2D eigenvalue weighted by Crippen LogP contribution is -2.36. The summed E-state index contributed by atoms with van der Waals surface area (Å²) in [5.74, 6) is -0.693. The smallest absolute Gasteiger partial charge is 0.266 e. The first kappa shape index (κ1) is 12.6. The molecule has 1 amide bonds. The maximum atomic E-state index is 12.2. The summed E-state index contributed by atoms with van der Waals surface area (Å²) < 4.78 is 36.5. The number of carbonyl (C=O) groups excluding carboxylic acids is 1. The standard InChI is InChI=1S/C10H12FNO3S/c1-9(13)12(8-7-11)16(14,15)10-5-3-2-4-6-10/h2-6H,7-8H2,1H3. The maximum absolute atomic E-state index is 12.2. The average molecular weight is 245 g/mol. The van der Waals surface area contributed by atoms with Gasteiger partial charge in [-0.2, -0.15) is 0 Å². The number of halogens is 1. The maximum Gasteiger partial charge on any atom is 0.266 e. The van der Waals surface area contributed by atoms with Crippen LogP contribution in [0.15, 0.2) is 35.2 Å². The second kappa shape index (κ2) is 5.07. The highest BCUT2D eigenvalue weighted by Crippen LogP contribution is 2.14. The van der Waals surface area contributed by atoms with E-state index < -0.39 is 29.1 Å². The van der Waals surface area contributed by atoms with Gasteiger partial charge in [-0.15, -0.1) is 0 Å². The Morgan fingerprint density at radius 3 is 2.31 bits per heavy atom. The number of hydrogen-bond acceptors (Lipinski definition) is 3. The molecule has 88 valence electrons. The van der Waals surface area contributed by atoms with E-state index in [4.69, 9.17) is 0 Å². The number of rotatable bonds is 4. The minimum absolute atomic E-state index is 0.0151. The molecule has 1 aromatic rings. The van der Waals surface area contributed by atoms with E-state index in [1.165, 1.54) is 12.1 Å². The molecule has 16 heavy (non-hydrogen) atoms. The van der Waals surface area contributed by atoms with Crippen LogP contribution in [0.5, 0.6) is 0 Å². The molecule has 4 nitrogen and oxygen atoms in total. The van der Waals surface area contributed by atoms with Gasteiger partial charge >= 0.3 is 0 Å². The largest absolute Gasteiger partial charge is 0.274 e. The van der Waals surface area contributed by atoms with Crippen LogP contribution in [-0.4, -0.2) is 31.8 Å². The molecule has 0 radical (unpaired) electrons. The summed E-state index contributed by atoms with van der Waals surface area (Å²) >= 11 is 0. The Balaban J connectivity index is 3.14. The van der Waals surface area contributed by atoms with Gasteiger partial charge in [0.1, 0.15) is 6.67 Å². The Morgan fingerprint density at radius 1 is 1.31 bits per heavy atom. The molecule has 0 bridgehead atoms. The summed E-state index contributed by atoms with van der Waals surface area (Å²) in [6.45, 7) is -0.256. The lowest BCUT2D eigenvalue weighted by atomic mass is 10.4. The first-order valence-corrected chi connectivity index (χ1v) is 6.08. The van der Waals surface area contributed by atoms with Crippen molar-refractivity contribution in [2.45, 2.75) is 11.8 Å². The van der Waals surface area contributed by atoms with Gasteiger partial charge < -0.3 is 0 Å². The number of sulfonamides is 1. The van der Waals surface area contributed by atoms with E-state index in [-0.39, 0.29) is 4.90 Å². The predicted octanol–water partition coefficient (Wildman–Crippen LogP) is 1.19. The quantitative estimate of drug-likeness (QED) is 0.800. The Labute approximate surface area is 93.7 Å². The van der Waals surface area contributed by atoms with E-state index in [2.05, 4.69) is 0 Å². The molecule has 0 aliphatic rings. The fraction of sp³-hybridized carbons (Fsp3) is 0.300. The summed E-state index contributed by atoms with van der Waals surface area (Å²) in [7, 11) is -3.92. The van der Waals surface area contributed by atoms with Crippen LogP contribution < -0.4 is 0 Å². The van der Waals surface area contributed by atoms with Gasteiger partial charge in [0.25, 0.3) is 10.0 Å². The van der Waals surface area contributed by atoms with Gasteiger partial charge in [-0.3, -0.25) is 4.79 Å². The van der Waals surface area contributed by atoms with E-state index in [1.54, 1.807) is 18.2 Å². The van der Waals surface area contributed by atoms with E-state index in [0.29, 0.717) is 4.31 Å². The first-order valence-electron chi connectivity index (χ1n) is 4.64. The second-order valence-electron chi connectivity index (χ2n) is 3.10. The first-order chi connectivity index (χ1) is 7.50. The van der Waals surface area contributed by atoms with Crippen molar-refractivity contribution in [3.63, 3.8) is 0 Å². The van der Waals surface area contributed by atoms with Gasteiger partial charge in [-0.1, -0.05) is 18.2 Å². The summed E-state index contributed by atoms with van der Waals surface area (Å²) in [5.41, 5.74) is 0. The minimum Gasteiger partial charge on any atom is -0.274 e. The molecule has 0 aliphatic carbocycles. The van der Waals surface area contributed by atoms with Crippen molar-refractivity contribution in [3.8, 4) is 0 Å². The van der Waals surface area contributed by atoms with Crippen molar-refractivity contribution in [2.75, 3.05) is 13.2 Å². The molecule has 0 atom stereocenters. The van der Waals surface area contributed by atoms with E-state index >= 15 is 0 Å². The number of benzene rings is 1. The highest BCUT2D eigenvalue weighted by molar-refractivity contribution is 7.89.